The molecule has 0 radical (unpaired) electrons. The number of nitrogens with two attached hydrogens (primary N) is 1. The molecule has 1 aromatic carbocycles. The lowest BCUT2D eigenvalue weighted by Crippen LogP contribution is -2.32. The zero-order valence-corrected chi connectivity index (χ0v) is 11.6. The molecular weight excluding hydrogens is 222 g/mol. The Labute approximate surface area is 111 Å². The van der Waals surface area contributed by atoms with Gasteiger partial charge in [0.1, 0.15) is 0 Å². The molecule has 2 atom stereocenters. The van der Waals surface area contributed by atoms with E-state index in [9.17, 15) is 0 Å². The first-order chi connectivity index (χ1) is 8.76. The van der Waals surface area contributed by atoms with E-state index in [2.05, 4.69) is 32.0 Å². The van der Waals surface area contributed by atoms with Crippen molar-refractivity contribution in [3.8, 4) is 0 Å². The van der Waals surface area contributed by atoms with Gasteiger partial charge in [-0.3, -0.25) is 0 Å². The van der Waals surface area contributed by atoms with E-state index in [4.69, 9.17) is 10.5 Å². The number of benzene rings is 1. The molecule has 2 rings (SSSR count). The molecule has 0 bridgehead atoms. The highest BCUT2D eigenvalue weighted by Gasteiger charge is 2.24. The molecule has 2 N–H and O–H groups in total. The zero-order valence-electron chi connectivity index (χ0n) is 11.6. The topological polar surface area (TPSA) is 35.2 Å². The maximum atomic E-state index is 6.44. The van der Waals surface area contributed by atoms with Gasteiger partial charge in [0.05, 0.1) is 12.1 Å². The van der Waals surface area contributed by atoms with Crippen molar-refractivity contribution in [2.24, 2.45) is 5.73 Å². The van der Waals surface area contributed by atoms with Crippen molar-refractivity contribution in [1.29, 1.82) is 0 Å². The highest BCUT2D eigenvalue weighted by molar-refractivity contribution is 5.35. The largest absolute Gasteiger partial charge is 0.376 e. The van der Waals surface area contributed by atoms with Crippen LogP contribution in [0.5, 0.6) is 0 Å². The number of rotatable bonds is 4. The standard InChI is InChI=1S/C16H25NO/c1-3-12-8-9-13(4-2)14(11-12)16(17)15-7-5-6-10-18-15/h8-9,11,15-16H,3-7,10,17H2,1-2H3. The Balaban J connectivity index is 2.23. The lowest BCUT2D eigenvalue weighted by Gasteiger charge is -2.29. The van der Waals surface area contributed by atoms with Gasteiger partial charge >= 0.3 is 0 Å². The summed E-state index contributed by atoms with van der Waals surface area (Å²) in [5, 5.41) is 0. The van der Waals surface area contributed by atoms with Gasteiger partial charge in [0, 0.05) is 6.61 Å². The van der Waals surface area contributed by atoms with Gasteiger partial charge in [0.25, 0.3) is 0 Å². The van der Waals surface area contributed by atoms with E-state index >= 15 is 0 Å². The highest BCUT2D eigenvalue weighted by atomic mass is 16.5. The molecule has 1 fully saturated rings. The first-order valence-corrected chi connectivity index (χ1v) is 7.25. The summed E-state index contributed by atoms with van der Waals surface area (Å²) in [5.41, 5.74) is 10.5. The second-order valence-corrected chi connectivity index (χ2v) is 5.17. The Morgan fingerprint density at radius 2 is 2.11 bits per heavy atom. The van der Waals surface area contributed by atoms with Gasteiger partial charge < -0.3 is 10.5 Å². The summed E-state index contributed by atoms with van der Waals surface area (Å²) in [5.74, 6) is 0. The second kappa shape index (κ2) is 6.35. The van der Waals surface area contributed by atoms with Gasteiger partial charge in [-0.1, -0.05) is 32.0 Å². The lowest BCUT2D eigenvalue weighted by molar-refractivity contribution is -0.000146. The van der Waals surface area contributed by atoms with Gasteiger partial charge in [-0.25, -0.2) is 0 Å². The lowest BCUT2D eigenvalue weighted by atomic mass is 9.90. The Morgan fingerprint density at radius 1 is 1.28 bits per heavy atom. The first kappa shape index (κ1) is 13.6. The Morgan fingerprint density at radius 3 is 2.72 bits per heavy atom. The van der Waals surface area contributed by atoms with Gasteiger partial charge in [-0.15, -0.1) is 0 Å². The Kier molecular flexibility index (Phi) is 4.79. The van der Waals surface area contributed by atoms with Crippen LogP contribution >= 0.6 is 0 Å². The molecule has 100 valence electrons. The van der Waals surface area contributed by atoms with Crippen LogP contribution in [0, 0.1) is 0 Å². The number of aryl methyl sites for hydroxylation is 2. The van der Waals surface area contributed by atoms with Crippen LogP contribution in [-0.4, -0.2) is 12.7 Å². The molecule has 2 heteroatoms. The third kappa shape index (κ3) is 2.93. The smallest absolute Gasteiger partial charge is 0.0767 e. The highest BCUT2D eigenvalue weighted by Crippen LogP contribution is 2.28. The fourth-order valence-corrected chi connectivity index (χ4v) is 2.75. The van der Waals surface area contributed by atoms with Crippen molar-refractivity contribution in [2.45, 2.75) is 58.1 Å². The summed E-state index contributed by atoms with van der Waals surface area (Å²) in [6, 6.07) is 6.77. The minimum absolute atomic E-state index is 0.0340. The number of hydrogen-bond acceptors (Lipinski definition) is 2. The summed E-state index contributed by atoms with van der Waals surface area (Å²) in [6.07, 6.45) is 5.83. The summed E-state index contributed by atoms with van der Waals surface area (Å²) < 4.78 is 5.84. The molecule has 2 nitrogen and oxygen atoms in total. The average Bonchev–Trinajstić information content (AvgIpc) is 2.46. The van der Waals surface area contributed by atoms with Crippen LogP contribution in [0.4, 0.5) is 0 Å². The third-order valence-corrected chi connectivity index (χ3v) is 3.97. The van der Waals surface area contributed by atoms with Gasteiger partial charge in [-0.05, 0) is 48.8 Å². The van der Waals surface area contributed by atoms with Crippen molar-refractivity contribution >= 4 is 0 Å². The number of hydrogen-bond donors (Lipinski definition) is 1. The molecule has 0 aliphatic carbocycles. The molecule has 0 aromatic heterocycles. The van der Waals surface area contributed by atoms with Crippen molar-refractivity contribution in [1.82, 2.24) is 0 Å². The first-order valence-electron chi connectivity index (χ1n) is 7.25. The molecule has 1 aliphatic rings. The summed E-state index contributed by atoms with van der Waals surface area (Å²) in [7, 11) is 0. The van der Waals surface area contributed by atoms with Crippen LogP contribution in [0.2, 0.25) is 0 Å². The van der Waals surface area contributed by atoms with Gasteiger partial charge in [0.2, 0.25) is 0 Å². The fourth-order valence-electron chi connectivity index (χ4n) is 2.75. The maximum Gasteiger partial charge on any atom is 0.0767 e. The monoisotopic (exact) mass is 247 g/mol. The van der Waals surface area contributed by atoms with Crippen LogP contribution in [0.15, 0.2) is 18.2 Å². The molecule has 1 aliphatic heterocycles. The molecular formula is C16H25NO. The molecule has 0 spiro atoms. The molecule has 0 saturated carbocycles. The molecule has 1 aromatic rings. The maximum absolute atomic E-state index is 6.44. The van der Waals surface area contributed by atoms with Crippen molar-refractivity contribution in [3.63, 3.8) is 0 Å². The van der Waals surface area contributed by atoms with Gasteiger partial charge in [-0.2, -0.15) is 0 Å². The van der Waals surface area contributed by atoms with Crippen molar-refractivity contribution in [2.75, 3.05) is 6.61 Å². The predicted molar refractivity (Wildman–Crippen MR) is 75.7 cm³/mol. The van der Waals surface area contributed by atoms with Crippen LogP contribution < -0.4 is 5.73 Å². The molecule has 0 amide bonds. The fraction of sp³-hybridized carbons (Fsp3) is 0.625. The van der Waals surface area contributed by atoms with Crippen LogP contribution in [0.1, 0.15) is 55.8 Å². The van der Waals surface area contributed by atoms with Crippen molar-refractivity contribution in [3.05, 3.63) is 34.9 Å². The minimum Gasteiger partial charge on any atom is -0.376 e. The normalized spacial score (nSPS) is 21.8. The van der Waals surface area contributed by atoms with Crippen LogP contribution in [-0.2, 0) is 17.6 Å². The molecule has 18 heavy (non-hydrogen) atoms. The van der Waals surface area contributed by atoms with E-state index in [0.717, 1.165) is 25.9 Å². The van der Waals surface area contributed by atoms with E-state index in [-0.39, 0.29) is 12.1 Å². The summed E-state index contributed by atoms with van der Waals surface area (Å²) in [4.78, 5) is 0. The van der Waals surface area contributed by atoms with E-state index in [1.54, 1.807) is 0 Å². The molecule has 2 unspecified atom stereocenters. The van der Waals surface area contributed by atoms with Gasteiger partial charge in [0.15, 0.2) is 0 Å². The Hall–Kier alpha value is -0.860. The zero-order chi connectivity index (χ0) is 13.0. The van der Waals surface area contributed by atoms with E-state index in [0.29, 0.717) is 0 Å². The summed E-state index contributed by atoms with van der Waals surface area (Å²) >= 11 is 0. The van der Waals surface area contributed by atoms with Crippen LogP contribution in [0.3, 0.4) is 0 Å². The predicted octanol–water partition coefficient (Wildman–Crippen LogP) is 3.38. The van der Waals surface area contributed by atoms with E-state index in [1.165, 1.54) is 29.5 Å². The molecule has 1 heterocycles. The second-order valence-electron chi connectivity index (χ2n) is 5.17. The quantitative estimate of drug-likeness (QED) is 0.885. The minimum atomic E-state index is 0.0340. The van der Waals surface area contributed by atoms with Crippen LogP contribution in [0.25, 0.3) is 0 Å². The summed E-state index contributed by atoms with van der Waals surface area (Å²) in [6.45, 7) is 5.25. The SMILES string of the molecule is CCc1ccc(CC)c(C(N)C2CCCCO2)c1. The third-order valence-electron chi connectivity index (χ3n) is 3.97. The number of ether oxygens (including phenoxy) is 1. The van der Waals surface area contributed by atoms with E-state index < -0.39 is 0 Å². The average molecular weight is 247 g/mol. The van der Waals surface area contributed by atoms with Crippen molar-refractivity contribution < 1.29 is 4.74 Å². The Bertz CT molecular complexity index is 383. The molecule has 1 saturated heterocycles. The van der Waals surface area contributed by atoms with E-state index in [1.807, 2.05) is 0 Å².